The molecule has 2 aromatic rings. The third kappa shape index (κ3) is 4.09. The summed E-state index contributed by atoms with van der Waals surface area (Å²) < 4.78 is 10.7. The molecule has 10 nitrogen and oxygen atoms in total. The molecule has 1 aliphatic heterocycles. The van der Waals surface area contributed by atoms with Crippen LogP contribution in [0.1, 0.15) is 12.8 Å². The number of hydrogen-bond donors (Lipinski definition) is 3. The second-order valence-electron chi connectivity index (χ2n) is 5.76. The minimum atomic E-state index is -0.595. The Kier molecular flexibility index (Phi) is 5.32. The summed E-state index contributed by atoms with van der Waals surface area (Å²) in [5, 5.41) is 17.3. The zero-order valence-electron chi connectivity index (χ0n) is 14.3. The van der Waals surface area contributed by atoms with Crippen molar-refractivity contribution < 1.29 is 14.4 Å². The van der Waals surface area contributed by atoms with Gasteiger partial charge in [0.05, 0.1) is 18.1 Å². The normalized spacial score (nSPS) is 16.3. The van der Waals surface area contributed by atoms with Crippen LogP contribution in [0, 0.1) is 10.1 Å². The summed E-state index contributed by atoms with van der Waals surface area (Å²) in [5.74, 6) is 0.645. The Labute approximate surface area is 149 Å². The van der Waals surface area contributed by atoms with Gasteiger partial charge in [-0.25, -0.2) is 0 Å². The van der Waals surface area contributed by atoms with E-state index in [4.69, 9.17) is 15.2 Å². The van der Waals surface area contributed by atoms with Crippen LogP contribution >= 0.6 is 0 Å². The fourth-order valence-corrected chi connectivity index (χ4v) is 2.68. The fourth-order valence-electron chi connectivity index (χ4n) is 2.68. The van der Waals surface area contributed by atoms with Gasteiger partial charge in [-0.15, -0.1) is 0 Å². The molecule has 0 amide bonds. The number of nitrogens with zero attached hydrogens (tertiary/aromatic N) is 3. The number of rotatable bonds is 7. The summed E-state index contributed by atoms with van der Waals surface area (Å²) in [5.41, 5.74) is 6.11. The molecule has 1 aromatic heterocycles. The third-order valence-electron chi connectivity index (χ3n) is 3.94. The number of hydrogen-bond acceptors (Lipinski definition) is 9. The number of nitrogens with one attached hydrogen (secondary N) is 2. The van der Waals surface area contributed by atoms with Crippen molar-refractivity contribution in [3.63, 3.8) is 0 Å². The first-order valence-corrected chi connectivity index (χ1v) is 8.15. The highest BCUT2D eigenvalue weighted by Crippen LogP contribution is 2.30. The summed E-state index contributed by atoms with van der Waals surface area (Å²) in [4.78, 5) is 18.9. The van der Waals surface area contributed by atoms with Crippen LogP contribution in [0.5, 0.6) is 5.75 Å². The number of anilines is 4. The Morgan fingerprint density at radius 2 is 2.31 bits per heavy atom. The second kappa shape index (κ2) is 7.83. The van der Waals surface area contributed by atoms with Crippen molar-refractivity contribution in [2.24, 2.45) is 0 Å². The molecule has 1 atom stereocenters. The number of ether oxygens (including phenoxy) is 2. The van der Waals surface area contributed by atoms with Crippen LogP contribution in [0.15, 0.2) is 24.3 Å². The predicted octanol–water partition coefficient (Wildman–Crippen LogP) is 2.31. The Hall–Kier alpha value is -3.14. The largest absolute Gasteiger partial charge is 0.497 e. The second-order valence-corrected chi connectivity index (χ2v) is 5.76. The van der Waals surface area contributed by atoms with Gasteiger partial charge in [0, 0.05) is 24.9 Å². The highest BCUT2D eigenvalue weighted by Gasteiger charge is 2.24. The number of nitrogen functional groups attached to an aromatic ring is 1. The maximum Gasteiger partial charge on any atom is 0.353 e. The standard InChI is InChI=1S/C16H20N6O4/c1-25-11-5-2-4-10(8-11)19-16-20-14(17)13(22(23)24)15(21-16)18-9-12-6-3-7-26-12/h2,4-5,8,12H,3,6-7,9H2,1H3,(H4,17,18,19,20,21)/t12-/m0/s1. The van der Waals surface area contributed by atoms with E-state index in [1.807, 2.05) is 0 Å². The van der Waals surface area contributed by atoms with Gasteiger partial charge in [-0.3, -0.25) is 10.1 Å². The molecule has 1 saturated heterocycles. The lowest BCUT2D eigenvalue weighted by atomic mass is 10.2. The molecule has 138 valence electrons. The van der Waals surface area contributed by atoms with Gasteiger partial charge in [0.2, 0.25) is 17.6 Å². The van der Waals surface area contributed by atoms with E-state index in [1.54, 1.807) is 31.4 Å². The predicted molar refractivity (Wildman–Crippen MR) is 96.8 cm³/mol. The third-order valence-corrected chi connectivity index (χ3v) is 3.94. The van der Waals surface area contributed by atoms with E-state index in [9.17, 15) is 10.1 Å². The van der Waals surface area contributed by atoms with Crippen molar-refractivity contribution in [2.75, 3.05) is 36.6 Å². The number of benzene rings is 1. The Bertz CT molecular complexity index is 794. The van der Waals surface area contributed by atoms with Crippen molar-refractivity contribution >= 4 is 29.0 Å². The molecule has 26 heavy (non-hydrogen) atoms. The molecule has 1 fully saturated rings. The average molecular weight is 360 g/mol. The molecule has 10 heteroatoms. The van der Waals surface area contributed by atoms with Crippen molar-refractivity contribution in [3.05, 3.63) is 34.4 Å². The molecule has 0 aliphatic carbocycles. The maximum absolute atomic E-state index is 11.3. The molecule has 0 saturated carbocycles. The van der Waals surface area contributed by atoms with Crippen molar-refractivity contribution in [2.45, 2.75) is 18.9 Å². The van der Waals surface area contributed by atoms with Gasteiger partial charge in [-0.1, -0.05) is 6.07 Å². The first kappa shape index (κ1) is 17.7. The molecule has 3 rings (SSSR count). The fraction of sp³-hybridized carbons (Fsp3) is 0.375. The Morgan fingerprint density at radius 1 is 1.46 bits per heavy atom. The first-order valence-electron chi connectivity index (χ1n) is 8.15. The molecule has 1 aromatic carbocycles. The van der Waals surface area contributed by atoms with Crippen molar-refractivity contribution in [3.8, 4) is 5.75 Å². The van der Waals surface area contributed by atoms with Crippen LogP contribution < -0.4 is 21.1 Å². The van der Waals surface area contributed by atoms with Gasteiger partial charge in [0.1, 0.15) is 5.75 Å². The molecule has 0 radical (unpaired) electrons. The molecular weight excluding hydrogens is 340 g/mol. The molecule has 0 spiro atoms. The zero-order chi connectivity index (χ0) is 18.5. The Morgan fingerprint density at radius 3 is 3.00 bits per heavy atom. The summed E-state index contributed by atoms with van der Waals surface area (Å²) in [6, 6.07) is 7.14. The van der Waals surface area contributed by atoms with Crippen LogP contribution in [0.3, 0.4) is 0 Å². The summed E-state index contributed by atoms with van der Waals surface area (Å²) >= 11 is 0. The van der Waals surface area contributed by atoms with E-state index in [-0.39, 0.29) is 29.4 Å². The van der Waals surface area contributed by atoms with Crippen molar-refractivity contribution in [1.82, 2.24) is 9.97 Å². The lowest BCUT2D eigenvalue weighted by Gasteiger charge is -2.13. The summed E-state index contributed by atoms with van der Waals surface area (Å²) in [6.07, 6.45) is 1.87. The first-order chi connectivity index (χ1) is 12.6. The molecule has 0 unspecified atom stereocenters. The van der Waals surface area contributed by atoms with Gasteiger partial charge < -0.3 is 25.8 Å². The summed E-state index contributed by atoms with van der Waals surface area (Å²) in [7, 11) is 1.56. The monoisotopic (exact) mass is 360 g/mol. The molecule has 4 N–H and O–H groups in total. The Balaban J connectivity index is 1.84. The van der Waals surface area contributed by atoms with Gasteiger partial charge in [0.25, 0.3) is 0 Å². The van der Waals surface area contributed by atoms with Crippen LogP contribution in [-0.4, -0.2) is 41.3 Å². The van der Waals surface area contributed by atoms with Crippen LogP contribution in [0.4, 0.5) is 29.0 Å². The topological polar surface area (TPSA) is 137 Å². The van der Waals surface area contributed by atoms with Gasteiger partial charge in [-0.2, -0.15) is 9.97 Å². The van der Waals surface area contributed by atoms with Gasteiger partial charge in [-0.05, 0) is 25.0 Å². The highest BCUT2D eigenvalue weighted by molar-refractivity contribution is 5.71. The van der Waals surface area contributed by atoms with Crippen molar-refractivity contribution in [1.29, 1.82) is 0 Å². The van der Waals surface area contributed by atoms with Crippen LogP contribution in [0.25, 0.3) is 0 Å². The van der Waals surface area contributed by atoms with Crippen LogP contribution in [-0.2, 0) is 4.74 Å². The van der Waals surface area contributed by atoms with Gasteiger partial charge in [0.15, 0.2) is 0 Å². The van der Waals surface area contributed by atoms with E-state index < -0.39 is 4.92 Å². The average Bonchev–Trinajstić information content (AvgIpc) is 3.13. The molecule has 0 bridgehead atoms. The van der Waals surface area contributed by atoms with E-state index in [0.29, 0.717) is 24.6 Å². The maximum atomic E-state index is 11.3. The minimum absolute atomic E-state index is 0.000544. The van der Waals surface area contributed by atoms with E-state index in [1.165, 1.54) is 0 Å². The zero-order valence-corrected chi connectivity index (χ0v) is 14.3. The molecule has 1 aliphatic rings. The van der Waals surface area contributed by atoms with E-state index in [0.717, 1.165) is 12.8 Å². The van der Waals surface area contributed by atoms with E-state index >= 15 is 0 Å². The number of nitro groups is 1. The smallest absolute Gasteiger partial charge is 0.353 e. The highest BCUT2D eigenvalue weighted by atomic mass is 16.6. The number of methoxy groups -OCH3 is 1. The number of aromatic nitrogens is 2. The van der Waals surface area contributed by atoms with Gasteiger partial charge >= 0.3 is 5.69 Å². The molecule has 2 heterocycles. The quantitative estimate of drug-likeness (QED) is 0.501. The minimum Gasteiger partial charge on any atom is -0.497 e. The van der Waals surface area contributed by atoms with Crippen LogP contribution in [0.2, 0.25) is 0 Å². The molecular formula is C16H20N6O4. The van der Waals surface area contributed by atoms with E-state index in [2.05, 4.69) is 20.6 Å². The lowest BCUT2D eigenvalue weighted by molar-refractivity contribution is -0.383. The number of nitrogens with two attached hydrogens (primary N) is 1. The SMILES string of the molecule is COc1cccc(Nc2nc(N)c([N+](=O)[O-])c(NC[C@@H]3CCCO3)n2)c1. The summed E-state index contributed by atoms with van der Waals surface area (Å²) in [6.45, 7) is 1.11. The lowest BCUT2D eigenvalue weighted by Crippen LogP contribution is -2.20.